The molecule has 1 aromatic heterocycles. The Kier molecular flexibility index (Phi) is 3.00. The molecular formula is C11H6ClN3O3. The van der Waals surface area contributed by atoms with Gasteiger partial charge in [-0.3, -0.25) is 10.1 Å². The van der Waals surface area contributed by atoms with Crippen molar-refractivity contribution in [3.8, 4) is 11.8 Å². The van der Waals surface area contributed by atoms with Crippen molar-refractivity contribution in [1.82, 2.24) is 4.98 Å². The molecule has 1 aromatic carbocycles. The van der Waals surface area contributed by atoms with Gasteiger partial charge in [-0.05, 0) is 6.07 Å². The lowest BCUT2D eigenvalue weighted by atomic mass is 10.1. The smallest absolute Gasteiger partial charge is 0.299 e. The van der Waals surface area contributed by atoms with Gasteiger partial charge in [-0.25, -0.2) is 4.98 Å². The summed E-state index contributed by atoms with van der Waals surface area (Å²) in [6.07, 6.45) is 1.21. The van der Waals surface area contributed by atoms with E-state index in [1.807, 2.05) is 6.07 Å². The number of rotatable bonds is 2. The van der Waals surface area contributed by atoms with Gasteiger partial charge in [0, 0.05) is 11.6 Å². The monoisotopic (exact) mass is 263 g/mol. The molecule has 1 heterocycles. The Balaban J connectivity index is 2.92. The fourth-order valence-corrected chi connectivity index (χ4v) is 1.80. The normalized spacial score (nSPS) is 10.1. The number of aromatic nitrogens is 1. The van der Waals surface area contributed by atoms with Crippen molar-refractivity contribution in [1.29, 1.82) is 5.26 Å². The van der Waals surface area contributed by atoms with E-state index in [0.29, 0.717) is 5.39 Å². The van der Waals surface area contributed by atoms with Crippen molar-refractivity contribution in [2.24, 2.45) is 0 Å². The first-order valence-corrected chi connectivity index (χ1v) is 5.17. The van der Waals surface area contributed by atoms with Gasteiger partial charge in [-0.15, -0.1) is 0 Å². The van der Waals surface area contributed by atoms with E-state index in [2.05, 4.69) is 4.98 Å². The SMILES string of the molecule is COc1cc([N+](=O)[O-])c2ncc(C#N)c(Cl)c2c1. The number of hydrogen-bond donors (Lipinski definition) is 0. The molecule has 0 aliphatic carbocycles. The highest BCUT2D eigenvalue weighted by Crippen LogP contribution is 2.34. The zero-order valence-electron chi connectivity index (χ0n) is 9.18. The summed E-state index contributed by atoms with van der Waals surface area (Å²) in [5.74, 6) is 0.285. The molecule has 0 spiro atoms. The average molecular weight is 264 g/mol. The maximum atomic E-state index is 11.0. The van der Waals surface area contributed by atoms with Crippen LogP contribution in [0.5, 0.6) is 5.75 Å². The number of halogens is 1. The van der Waals surface area contributed by atoms with Crippen LogP contribution >= 0.6 is 11.6 Å². The molecule has 0 saturated carbocycles. The van der Waals surface area contributed by atoms with Crippen molar-refractivity contribution < 1.29 is 9.66 Å². The summed E-state index contributed by atoms with van der Waals surface area (Å²) < 4.78 is 4.97. The number of nitro benzene ring substituents is 1. The fraction of sp³-hybridized carbons (Fsp3) is 0.0909. The maximum Gasteiger partial charge on any atom is 0.299 e. The first kappa shape index (κ1) is 12.1. The molecule has 0 atom stereocenters. The van der Waals surface area contributed by atoms with Crippen LogP contribution in [0.1, 0.15) is 5.56 Å². The molecule has 0 aliphatic heterocycles. The van der Waals surface area contributed by atoms with Crippen LogP contribution in [0.25, 0.3) is 10.9 Å². The molecule has 0 aliphatic rings. The van der Waals surface area contributed by atoms with Crippen LogP contribution in [0, 0.1) is 21.4 Å². The molecule has 0 radical (unpaired) electrons. The summed E-state index contributed by atoms with van der Waals surface area (Å²) in [6.45, 7) is 0. The summed E-state index contributed by atoms with van der Waals surface area (Å²) in [5, 5.41) is 20.2. The number of benzene rings is 1. The predicted octanol–water partition coefficient (Wildman–Crippen LogP) is 2.68. The molecule has 0 bridgehead atoms. The molecule has 0 saturated heterocycles. The second kappa shape index (κ2) is 4.47. The summed E-state index contributed by atoms with van der Waals surface area (Å²) in [4.78, 5) is 14.3. The Morgan fingerprint density at radius 2 is 2.28 bits per heavy atom. The van der Waals surface area contributed by atoms with Crippen LogP contribution in [0.4, 0.5) is 5.69 Å². The summed E-state index contributed by atoms with van der Waals surface area (Å²) in [7, 11) is 1.39. The van der Waals surface area contributed by atoms with Gasteiger partial charge in [-0.1, -0.05) is 11.6 Å². The number of methoxy groups -OCH3 is 1. The van der Waals surface area contributed by atoms with Crippen molar-refractivity contribution >= 4 is 28.2 Å². The number of ether oxygens (including phenoxy) is 1. The molecule has 2 aromatic rings. The van der Waals surface area contributed by atoms with E-state index < -0.39 is 4.92 Å². The van der Waals surface area contributed by atoms with E-state index >= 15 is 0 Å². The standard InChI is InChI=1S/C11H6ClN3O3/c1-18-7-2-8-10(12)6(4-13)5-14-11(8)9(3-7)15(16)17/h2-3,5H,1H3. The van der Waals surface area contributed by atoms with Crippen LogP contribution in [0.15, 0.2) is 18.3 Å². The van der Waals surface area contributed by atoms with E-state index in [1.54, 1.807) is 0 Å². The summed E-state index contributed by atoms with van der Waals surface area (Å²) in [6, 6.07) is 4.64. The average Bonchev–Trinajstić information content (AvgIpc) is 2.38. The molecular weight excluding hydrogens is 258 g/mol. The first-order chi connectivity index (χ1) is 8.58. The number of pyridine rings is 1. The second-order valence-electron chi connectivity index (χ2n) is 3.40. The molecule has 0 fully saturated rings. The quantitative estimate of drug-likeness (QED) is 0.614. The van der Waals surface area contributed by atoms with Gasteiger partial charge in [-0.2, -0.15) is 5.26 Å². The molecule has 90 valence electrons. The Hall–Kier alpha value is -2.39. The van der Waals surface area contributed by atoms with Gasteiger partial charge in [0.05, 0.1) is 28.7 Å². The number of fused-ring (bicyclic) bond motifs is 1. The highest BCUT2D eigenvalue weighted by atomic mass is 35.5. The molecule has 0 unspecified atom stereocenters. The lowest BCUT2D eigenvalue weighted by Crippen LogP contribution is -1.95. The van der Waals surface area contributed by atoms with Crippen molar-refractivity contribution in [3.05, 3.63) is 39.0 Å². The van der Waals surface area contributed by atoms with Gasteiger partial charge in [0.1, 0.15) is 17.3 Å². The Labute approximate surface area is 107 Å². The van der Waals surface area contributed by atoms with Crippen molar-refractivity contribution in [2.45, 2.75) is 0 Å². The minimum Gasteiger partial charge on any atom is -0.496 e. The van der Waals surface area contributed by atoms with E-state index in [1.165, 1.54) is 25.4 Å². The number of hydrogen-bond acceptors (Lipinski definition) is 5. The number of nitro groups is 1. The zero-order chi connectivity index (χ0) is 13.3. The van der Waals surface area contributed by atoms with E-state index in [4.69, 9.17) is 21.6 Å². The lowest BCUT2D eigenvalue weighted by molar-refractivity contribution is -0.383. The van der Waals surface area contributed by atoms with Crippen LogP contribution in [0.3, 0.4) is 0 Å². The first-order valence-electron chi connectivity index (χ1n) is 4.79. The Morgan fingerprint density at radius 1 is 1.56 bits per heavy atom. The van der Waals surface area contributed by atoms with Gasteiger partial charge in [0.15, 0.2) is 0 Å². The van der Waals surface area contributed by atoms with Crippen molar-refractivity contribution in [2.75, 3.05) is 7.11 Å². The van der Waals surface area contributed by atoms with Gasteiger partial charge < -0.3 is 4.74 Å². The van der Waals surface area contributed by atoms with E-state index in [9.17, 15) is 10.1 Å². The van der Waals surface area contributed by atoms with E-state index in [0.717, 1.165) is 0 Å². The molecule has 18 heavy (non-hydrogen) atoms. The van der Waals surface area contributed by atoms with Crippen LogP contribution in [-0.2, 0) is 0 Å². The molecule has 6 nitrogen and oxygen atoms in total. The van der Waals surface area contributed by atoms with E-state index in [-0.39, 0.29) is 27.5 Å². The number of nitriles is 1. The lowest BCUT2D eigenvalue weighted by Gasteiger charge is -2.05. The summed E-state index contributed by atoms with van der Waals surface area (Å²) >= 11 is 6.01. The third-order valence-corrected chi connectivity index (χ3v) is 2.82. The van der Waals surface area contributed by atoms with Gasteiger partial charge >= 0.3 is 0 Å². The zero-order valence-corrected chi connectivity index (χ0v) is 9.93. The fourth-order valence-electron chi connectivity index (χ4n) is 1.56. The van der Waals surface area contributed by atoms with Gasteiger partial charge in [0.2, 0.25) is 0 Å². The molecule has 7 heteroatoms. The summed E-state index contributed by atoms with van der Waals surface area (Å²) in [5.41, 5.74) is 0.0762. The van der Waals surface area contributed by atoms with Crippen LogP contribution < -0.4 is 4.74 Å². The second-order valence-corrected chi connectivity index (χ2v) is 3.78. The highest BCUT2D eigenvalue weighted by molar-refractivity contribution is 6.36. The number of nitrogens with zero attached hydrogens (tertiary/aromatic N) is 3. The number of non-ortho nitro benzene ring substituents is 1. The largest absolute Gasteiger partial charge is 0.496 e. The predicted molar refractivity (Wildman–Crippen MR) is 64.7 cm³/mol. The molecule has 2 rings (SSSR count). The van der Waals surface area contributed by atoms with Crippen LogP contribution in [-0.4, -0.2) is 17.0 Å². The Morgan fingerprint density at radius 3 is 2.83 bits per heavy atom. The topological polar surface area (TPSA) is 89.1 Å². The van der Waals surface area contributed by atoms with Crippen LogP contribution in [0.2, 0.25) is 5.02 Å². The van der Waals surface area contributed by atoms with Crippen molar-refractivity contribution in [3.63, 3.8) is 0 Å². The molecule has 0 amide bonds. The maximum absolute atomic E-state index is 11.0. The molecule has 0 N–H and O–H groups in total. The highest BCUT2D eigenvalue weighted by Gasteiger charge is 2.19. The third-order valence-electron chi connectivity index (χ3n) is 2.41. The minimum absolute atomic E-state index is 0.129. The minimum atomic E-state index is -0.569. The van der Waals surface area contributed by atoms with Gasteiger partial charge in [0.25, 0.3) is 5.69 Å². The Bertz CT molecular complexity index is 694. The third kappa shape index (κ3) is 1.81.